The monoisotopic (exact) mass is 308 g/mol. The molecule has 0 saturated heterocycles. The van der Waals surface area contributed by atoms with Crippen molar-refractivity contribution in [2.45, 2.75) is 40.2 Å². The Morgan fingerprint density at radius 3 is 2.73 bits per heavy atom. The van der Waals surface area contributed by atoms with Crippen LogP contribution in [0.15, 0.2) is 48.7 Å². The molecule has 0 aromatic carbocycles. The molecule has 0 bridgehead atoms. The molecular weight excluding hydrogens is 283 g/mol. The van der Waals surface area contributed by atoms with E-state index >= 15 is 0 Å². The van der Waals surface area contributed by atoms with Gasteiger partial charge in [-0.05, 0) is 25.0 Å². The van der Waals surface area contributed by atoms with Gasteiger partial charge in [0.05, 0.1) is 25.7 Å². The van der Waals surface area contributed by atoms with E-state index in [0.717, 1.165) is 11.3 Å². The number of nitrogens with zero attached hydrogens (tertiary/aromatic N) is 2. The lowest BCUT2D eigenvalue weighted by Crippen LogP contribution is -2.10. The zero-order valence-electron chi connectivity index (χ0n) is 13.8. The van der Waals surface area contributed by atoms with Gasteiger partial charge in [-0.15, -0.1) is 6.58 Å². The minimum absolute atomic E-state index is 0.142. The quantitative estimate of drug-likeness (QED) is 0.434. The van der Waals surface area contributed by atoms with E-state index in [1.807, 2.05) is 19.9 Å². The maximum atomic E-state index is 13.1. The average Bonchev–Trinajstić information content (AvgIpc) is 2.93. The van der Waals surface area contributed by atoms with E-state index in [1.54, 1.807) is 23.2 Å². The molecule has 0 amide bonds. The highest BCUT2D eigenvalue weighted by atomic mass is 19.1. The van der Waals surface area contributed by atoms with Crippen LogP contribution in [0.1, 0.15) is 32.9 Å². The van der Waals surface area contributed by atoms with Crippen LogP contribution in [-0.4, -0.2) is 22.6 Å². The van der Waals surface area contributed by atoms with Gasteiger partial charge in [-0.25, -0.2) is 9.37 Å². The summed E-state index contributed by atoms with van der Waals surface area (Å²) in [5.74, 6) is -0.601. The van der Waals surface area contributed by atoms with Crippen molar-refractivity contribution in [1.82, 2.24) is 9.55 Å². The summed E-state index contributed by atoms with van der Waals surface area (Å²) in [6, 6.07) is 0. The number of esters is 1. The minimum Gasteiger partial charge on any atom is -0.469 e. The van der Waals surface area contributed by atoms with Gasteiger partial charge in [0.1, 0.15) is 0 Å². The second-order valence-electron chi connectivity index (χ2n) is 4.30. The Balaban J connectivity index is 0.00000211. The molecule has 1 aromatic heterocycles. The molecule has 0 aliphatic rings. The Morgan fingerprint density at radius 1 is 1.50 bits per heavy atom. The van der Waals surface area contributed by atoms with Crippen LogP contribution >= 0.6 is 0 Å². The molecule has 0 unspecified atom stereocenters. The van der Waals surface area contributed by atoms with Crippen molar-refractivity contribution in [3.05, 3.63) is 54.4 Å². The first-order valence-electron chi connectivity index (χ1n) is 7.26. The number of imidazole rings is 1. The first-order valence-corrected chi connectivity index (χ1v) is 7.26. The maximum absolute atomic E-state index is 13.1. The van der Waals surface area contributed by atoms with Gasteiger partial charge in [0.15, 0.2) is 0 Å². The summed E-state index contributed by atoms with van der Waals surface area (Å²) in [5, 5.41) is 0. The predicted molar refractivity (Wildman–Crippen MR) is 87.1 cm³/mol. The van der Waals surface area contributed by atoms with E-state index in [2.05, 4.69) is 16.3 Å². The van der Waals surface area contributed by atoms with E-state index < -0.39 is 0 Å². The molecule has 1 heterocycles. The third-order valence-electron chi connectivity index (χ3n) is 2.64. The average molecular weight is 308 g/mol. The number of aromatic nitrogens is 2. The second-order valence-corrected chi connectivity index (χ2v) is 4.30. The van der Waals surface area contributed by atoms with E-state index in [9.17, 15) is 9.18 Å². The van der Waals surface area contributed by atoms with Crippen LogP contribution in [0.5, 0.6) is 0 Å². The number of allylic oxidation sites excluding steroid dienone is 5. The maximum Gasteiger partial charge on any atom is 0.311 e. The molecule has 0 fully saturated rings. The number of halogens is 1. The van der Waals surface area contributed by atoms with Crippen LogP contribution in [-0.2, 0) is 22.5 Å². The van der Waals surface area contributed by atoms with Gasteiger partial charge < -0.3 is 9.30 Å². The van der Waals surface area contributed by atoms with Gasteiger partial charge in [0.25, 0.3) is 0 Å². The smallest absolute Gasteiger partial charge is 0.311 e. The molecule has 122 valence electrons. The zero-order chi connectivity index (χ0) is 17.0. The third kappa shape index (κ3) is 7.57. The van der Waals surface area contributed by atoms with Crippen molar-refractivity contribution < 1.29 is 13.9 Å². The van der Waals surface area contributed by atoms with Crippen LogP contribution in [0.2, 0.25) is 0 Å². The molecular formula is C17H25FN2O2. The topological polar surface area (TPSA) is 44.1 Å². The summed E-state index contributed by atoms with van der Waals surface area (Å²) in [7, 11) is 1.34. The van der Waals surface area contributed by atoms with Crippen molar-refractivity contribution in [2.75, 3.05) is 7.11 Å². The fourth-order valence-electron chi connectivity index (χ4n) is 1.71. The highest BCUT2D eigenvalue weighted by molar-refractivity contribution is 5.71. The van der Waals surface area contributed by atoms with Gasteiger partial charge in [-0.3, -0.25) is 4.79 Å². The highest BCUT2D eigenvalue weighted by Gasteiger charge is 2.09. The van der Waals surface area contributed by atoms with Crippen molar-refractivity contribution in [3.8, 4) is 0 Å². The standard InChI is InChI=1S/C15H19FN2O2.C2H6/c1-4-5-6-13(7-12(2)16)10-18-11-17-9-14(18)8-15(19)20-3;1-2/h4,6-7,9,11H,1,5,8,10H2,2-3H3;1-2H3/b12-7+,13-6+;. The first kappa shape index (κ1) is 19.8. The summed E-state index contributed by atoms with van der Waals surface area (Å²) in [6.07, 6.45) is 9.10. The minimum atomic E-state index is -0.333. The van der Waals surface area contributed by atoms with Gasteiger partial charge in [-0.2, -0.15) is 0 Å². The Bertz CT molecular complexity index is 527. The van der Waals surface area contributed by atoms with Crippen LogP contribution in [0.3, 0.4) is 0 Å². The van der Waals surface area contributed by atoms with Crippen LogP contribution in [0, 0.1) is 0 Å². The Morgan fingerprint density at radius 2 is 2.18 bits per heavy atom. The number of rotatable bonds is 7. The molecule has 0 saturated carbocycles. The summed E-state index contributed by atoms with van der Waals surface area (Å²) >= 11 is 0. The highest BCUT2D eigenvalue weighted by Crippen LogP contribution is 2.11. The molecule has 0 radical (unpaired) electrons. The van der Waals surface area contributed by atoms with Crippen molar-refractivity contribution in [3.63, 3.8) is 0 Å². The molecule has 0 N–H and O–H groups in total. The summed E-state index contributed by atoms with van der Waals surface area (Å²) < 4.78 is 19.5. The zero-order valence-corrected chi connectivity index (χ0v) is 13.8. The first-order chi connectivity index (χ1) is 10.6. The fourth-order valence-corrected chi connectivity index (χ4v) is 1.71. The fraction of sp³-hybridized carbons (Fsp3) is 0.412. The van der Waals surface area contributed by atoms with Crippen molar-refractivity contribution in [1.29, 1.82) is 0 Å². The lowest BCUT2D eigenvalue weighted by atomic mass is 10.2. The predicted octanol–water partition coefficient (Wildman–Crippen LogP) is 4.00. The number of carbonyl (C=O) groups is 1. The summed E-state index contributed by atoms with van der Waals surface area (Å²) in [6.45, 7) is 9.48. The molecule has 1 rings (SSSR count). The molecule has 0 aliphatic carbocycles. The van der Waals surface area contributed by atoms with Gasteiger partial charge in [-0.1, -0.05) is 26.0 Å². The van der Waals surface area contributed by atoms with E-state index in [4.69, 9.17) is 0 Å². The third-order valence-corrected chi connectivity index (χ3v) is 2.64. The number of carbonyl (C=O) groups excluding carboxylic acids is 1. The Labute approximate surface area is 132 Å². The molecule has 0 spiro atoms. The Kier molecular flexibility index (Phi) is 10.4. The number of hydrogen-bond donors (Lipinski definition) is 0. The van der Waals surface area contributed by atoms with E-state index in [1.165, 1.54) is 20.1 Å². The summed E-state index contributed by atoms with van der Waals surface area (Å²) in [5.41, 5.74) is 1.53. The molecule has 4 nitrogen and oxygen atoms in total. The van der Waals surface area contributed by atoms with Crippen LogP contribution in [0.25, 0.3) is 0 Å². The van der Waals surface area contributed by atoms with E-state index in [0.29, 0.717) is 13.0 Å². The number of hydrogen-bond acceptors (Lipinski definition) is 3. The normalized spacial score (nSPS) is 11.5. The SMILES string of the molecule is C=CC/C=C(\C=C(/C)F)Cn1cncc1CC(=O)OC.CC. The Hall–Kier alpha value is -2.17. The molecule has 0 atom stereocenters. The molecule has 5 heteroatoms. The lowest BCUT2D eigenvalue weighted by Gasteiger charge is -2.08. The van der Waals surface area contributed by atoms with Crippen LogP contribution < -0.4 is 0 Å². The summed E-state index contributed by atoms with van der Waals surface area (Å²) in [4.78, 5) is 15.3. The lowest BCUT2D eigenvalue weighted by molar-refractivity contribution is -0.139. The van der Waals surface area contributed by atoms with Crippen LogP contribution in [0.4, 0.5) is 4.39 Å². The molecule has 0 aliphatic heterocycles. The van der Waals surface area contributed by atoms with Gasteiger partial charge >= 0.3 is 5.97 Å². The second kappa shape index (κ2) is 11.5. The molecule has 22 heavy (non-hydrogen) atoms. The van der Waals surface area contributed by atoms with Crippen molar-refractivity contribution in [2.24, 2.45) is 0 Å². The van der Waals surface area contributed by atoms with Gasteiger partial charge in [0.2, 0.25) is 0 Å². The largest absolute Gasteiger partial charge is 0.469 e. The number of ether oxygens (including phenoxy) is 1. The van der Waals surface area contributed by atoms with E-state index in [-0.39, 0.29) is 18.2 Å². The van der Waals surface area contributed by atoms with Gasteiger partial charge in [0, 0.05) is 18.4 Å². The van der Waals surface area contributed by atoms with Crippen molar-refractivity contribution >= 4 is 5.97 Å². The number of methoxy groups -OCH3 is 1. The molecule has 1 aromatic rings.